The lowest BCUT2D eigenvalue weighted by Gasteiger charge is -2.19. The molecular weight excluding hydrogens is 452 g/mol. The smallest absolute Gasteiger partial charge is 0.339 e. The molecule has 4 aromatic carbocycles. The summed E-state index contributed by atoms with van der Waals surface area (Å²) in [6, 6.07) is 34.5. The van der Waals surface area contributed by atoms with E-state index in [1.165, 1.54) is 0 Å². The summed E-state index contributed by atoms with van der Waals surface area (Å²) in [6.45, 7) is 0.424. The summed E-state index contributed by atoms with van der Waals surface area (Å²) < 4.78 is 12.7. The minimum atomic E-state index is -0.463. The van der Waals surface area contributed by atoms with Crippen LogP contribution in [0.25, 0.3) is 0 Å². The van der Waals surface area contributed by atoms with Crippen molar-refractivity contribution in [2.45, 2.75) is 12.7 Å². The van der Waals surface area contributed by atoms with E-state index in [0.717, 1.165) is 26.9 Å². The molecule has 0 saturated heterocycles. The molecule has 0 unspecified atom stereocenters. The highest BCUT2D eigenvalue weighted by Gasteiger charge is 2.19. The molecule has 0 radical (unpaired) electrons. The number of ether oxygens (including phenoxy) is 2. The van der Waals surface area contributed by atoms with Crippen LogP contribution in [0.3, 0.4) is 0 Å². The highest BCUT2D eigenvalue weighted by atomic mass is 79.9. The number of hydrogen-bond acceptors (Lipinski definition) is 3. The Morgan fingerprint density at radius 1 is 0.710 bits per heavy atom. The molecule has 4 aromatic rings. The van der Waals surface area contributed by atoms with E-state index in [4.69, 9.17) is 9.47 Å². The first-order chi connectivity index (χ1) is 15.2. The predicted molar refractivity (Wildman–Crippen MR) is 125 cm³/mol. The van der Waals surface area contributed by atoms with Crippen LogP contribution in [0.1, 0.15) is 33.2 Å². The Hall–Kier alpha value is -3.37. The first-order valence-corrected chi connectivity index (χ1v) is 10.8. The van der Waals surface area contributed by atoms with E-state index in [-0.39, 0.29) is 5.97 Å². The van der Waals surface area contributed by atoms with Gasteiger partial charge in [-0.05, 0) is 53.1 Å². The van der Waals surface area contributed by atoms with Gasteiger partial charge in [0.25, 0.3) is 0 Å². The molecule has 31 heavy (non-hydrogen) atoms. The molecule has 0 saturated carbocycles. The van der Waals surface area contributed by atoms with Crippen LogP contribution >= 0.6 is 15.9 Å². The Morgan fingerprint density at radius 3 is 1.81 bits per heavy atom. The average molecular weight is 473 g/mol. The molecule has 0 N–H and O–H groups in total. The highest BCUT2D eigenvalue weighted by Crippen LogP contribution is 2.27. The second-order valence-electron chi connectivity index (χ2n) is 7.05. The van der Waals surface area contributed by atoms with Gasteiger partial charge in [0.05, 0.1) is 5.56 Å². The molecular formula is C27H21BrO3. The van der Waals surface area contributed by atoms with Crippen LogP contribution in [0, 0.1) is 0 Å². The van der Waals surface area contributed by atoms with Crippen molar-refractivity contribution < 1.29 is 14.3 Å². The maximum absolute atomic E-state index is 12.9. The zero-order chi connectivity index (χ0) is 21.5. The van der Waals surface area contributed by atoms with Crippen molar-refractivity contribution in [2.24, 2.45) is 0 Å². The minimum absolute atomic E-state index is 0.363. The van der Waals surface area contributed by atoms with Crippen LogP contribution in [0.4, 0.5) is 0 Å². The monoisotopic (exact) mass is 472 g/mol. The number of rotatable bonds is 7. The van der Waals surface area contributed by atoms with E-state index in [2.05, 4.69) is 15.9 Å². The summed E-state index contributed by atoms with van der Waals surface area (Å²) in [6.07, 6.45) is -0.463. The van der Waals surface area contributed by atoms with Gasteiger partial charge in [-0.15, -0.1) is 0 Å². The quantitative estimate of drug-likeness (QED) is 0.272. The van der Waals surface area contributed by atoms with E-state index in [0.29, 0.717) is 12.2 Å². The standard InChI is InChI=1S/C27H21BrO3/c28-24-15-17-25(18-16-24)30-19-20-11-13-23(14-12-20)27(29)31-26(21-7-3-1-4-8-21)22-9-5-2-6-10-22/h1-18,26H,19H2. The minimum Gasteiger partial charge on any atom is -0.489 e. The average Bonchev–Trinajstić information content (AvgIpc) is 2.83. The molecule has 154 valence electrons. The van der Waals surface area contributed by atoms with E-state index in [1.807, 2.05) is 97.1 Å². The van der Waals surface area contributed by atoms with Gasteiger partial charge in [0.1, 0.15) is 12.4 Å². The van der Waals surface area contributed by atoms with Crippen LogP contribution < -0.4 is 4.74 Å². The van der Waals surface area contributed by atoms with Crippen molar-refractivity contribution >= 4 is 21.9 Å². The van der Waals surface area contributed by atoms with Crippen LogP contribution in [-0.4, -0.2) is 5.97 Å². The Morgan fingerprint density at radius 2 is 1.26 bits per heavy atom. The van der Waals surface area contributed by atoms with E-state index in [9.17, 15) is 4.79 Å². The predicted octanol–water partition coefficient (Wildman–Crippen LogP) is 6.97. The number of carbonyl (C=O) groups excluding carboxylic acids is 1. The van der Waals surface area contributed by atoms with Crippen molar-refractivity contribution in [2.75, 3.05) is 0 Å². The molecule has 0 aliphatic heterocycles. The van der Waals surface area contributed by atoms with Crippen LogP contribution in [0.2, 0.25) is 0 Å². The maximum Gasteiger partial charge on any atom is 0.339 e. The van der Waals surface area contributed by atoms with Crippen molar-refractivity contribution in [3.8, 4) is 5.75 Å². The van der Waals surface area contributed by atoms with Gasteiger partial charge in [0, 0.05) is 4.47 Å². The van der Waals surface area contributed by atoms with Gasteiger partial charge in [0.2, 0.25) is 0 Å². The van der Waals surface area contributed by atoms with Crippen molar-refractivity contribution in [1.82, 2.24) is 0 Å². The van der Waals surface area contributed by atoms with Gasteiger partial charge in [-0.2, -0.15) is 0 Å². The van der Waals surface area contributed by atoms with Crippen molar-refractivity contribution in [3.63, 3.8) is 0 Å². The largest absolute Gasteiger partial charge is 0.489 e. The zero-order valence-corrected chi connectivity index (χ0v) is 18.4. The van der Waals surface area contributed by atoms with E-state index < -0.39 is 6.10 Å². The highest BCUT2D eigenvalue weighted by molar-refractivity contribution is 9.10. The normalized spacial score (nSPS) is 10.6. The number of carbonyl (C=O) groups is 1. The Labute approximate surface area is 190 Å². The van der Waals surface area contributed by atoms with Gasteiger partial charge in [-0.3, -0.25) is 0 Å². The van der Waals surface area contributed by atoms with Gasteiger partial charge >= 0.3 is 5.97 Å². The second kappa shape index (κ2) is 10.1. The van der Waals surface area contributed by atoms with Gasteiger partial charge in [-0.1, -0.05) is 88.7 Å². The molecule has 4 heteroatoms. The first kappa shape index (κ1) is 20.9. The molecule has 0 atom stereocenters. The van der Waals surface area contributed by atoms with Crippen LogP contribution in [0.15, 0.2) is 114 Å². The van der Waals surface area contributed by atoms with Gasteiger partial charge in [0.15, 0.2) is 6.10 Å². The Balaban J connectivity index is 1.44. The molecule has 0 amide bonds. The van der Waals surface area contributed by atoms with E-state index in [1.54, 1.807) is 12.1 Å². The van der Waals surface area contributed by atoms with Crippen molar-refractivity contribution in [1.29, 1.82) is 0 Å². The lowest BCUT2D eigenvalue weighted by molar-refractivity contribution is 0.0378. The fourth-order valence-corrected chi connectivity index (χ4v) is 3.46. The molecule has 0 fully saturated rings. The summed E-state index contributed by atoms with van der Waals surface area (Å²) in [7, 11) is 0. The van der Waals surface area contributed by atoms with Gasteiger partial charge < -0.3 is 9.47 Å². The molecule has 0 bridgehead atoms. The maximum atomic E-state index is 12.9. The fourth-order valence-electron chi connectivity index (χ4n) is 3.19. The second-order valence-corrected chi connectivity index (χ2v) is 7.96. The summed E-state index contributed by atoms with van der Waals surface area (Å²) in [5.41, 5.74) is 3.34. The van der Waals surface area contributed by atoms with Crippen LogP contribution in [0.5, 0.6) is 5.75 Å². The zero-order valence-electron chi connectivity index (χ0n) is 16.8. The third kappa shape index (κ3) is 5.62. The molecule has 0 aromatic heterocycles. The molecule has 0 heterocycles. The number of benzene rings is 4. The molecule has 0 spiro atoms. The lowest BCUT2D eigenvalue weighted by Crippen LogP contribution is -2.13. The van der Waals surface area contributed by atoms with Crippen LogP contribution in [-0.2, 0) is 11.3 Å². The van der Waals surface area contributed by atoms with E-state index >= 15 is 0 Å². The summed E-state index contributed by atoms with van der Waals surface area (Å²) in [4.78, 5) is 12.9. The number of hydrogen-bond donors (Lipinski definition) is 0. The fraction of sp³-hybridized carbons (Fsp3) is 0.0741. The lowest BCUT2D eigenvalue weighted by atomic mass is 10.0. The topological polar surface area (TPSA) is 35.5 Å². The molecule has 0 aliphatic rings. The summed E-state index contributed by atoms with van der Waals surface area (Å²) in [5, 5.41) is 0. The molecule has 0 aliphatic carbocycles. The third-order valence-electron chi connectivity index (χ3n) is 4.84. The molecule has 4 rings (SSSR count). The first-order valence-electron chi connectivity index (χ1n) is 9.97. The Kier molecular flexibility index (Phi) is 6.80. The molecule has 3 nitrogen and oxygen atoms in total. The SMILES string of the molecule is O=C(OC(c1ccccc1)c1ccccc1)c1ccc(COc2ccc(Br)cc2)cc1. The number of esters is 1. The van der Waals surface area contributed by atoms with Crippen molar-refractivity contribution in [3.05, 3.63) is 136 Å². The third-order valence-corrected chi connectivity index (χ3v) is 5.37. The Bertz CT molecular complexity index is 1070. The number of halogens is 1. The summed E-state index contributed by atoms with van der Waals surface area (Å²) in [5.74, 6) is 0.429. The summed E-state index contributed by atoms with van der Waals surface area (Å²) >= 11 is 3.41. The van der Waals surface area contributed by atoms with Gasteiger partial charge in [-0.25, -0.2) is 4.79 Å².